The molecule has 0 aliphatic carbocycles. The predicted molar refractivity (Wildman–Crippen MR) is 105 cm³/mol. The van der Waals surface area contributed by atoms with Gasteiger partial charge in [-0.3, -0.25) is 14.4 Å². The fraction of sp³-hybridized carbons (Fsp3) is 0.474. The highest BCUT2D eigenvalue weighted by atomic mass is 16.4. The van der Waals surface area contributed by atoms with E-state index < -0.39 is 48.3 Å². The van der Waals surface area contributed by atoms with Crippen LogP contribution in [0.3, 0.4) is 0 Å². The molecule has 3 unspecified atom stereocenters. The number of rotatable bonds is 13. The Bertz CT molecular complexity index is 697. The standard InChI is InChI=1S/C19H28N4O6/c20-9-5-4-8-14(19(28)29)22-18(27)15(10-12-6-2-1-3-7-12)23-17(26)13(21)11-16(24)25/h1-3,6-7,13-15H,4-5,8-11,20-21H2,(H,22,27)(H,23,26)(H,24,25)(H,28,29). The number of hydrogen-bond acceptors (Lipinski definition) is 6. The number of amides is 2. The topological polar surface area (TPSA) is 185 Å². The number of aliphatic carboxylic acids is 2. The summed E-state index contributed by atoms with van der Waals surface area (Å²) >= 11 is 0. The van der Waals surface area contributed by atoms with E-state index in [4.69, 9.17) is 16.6 Å². The van der Waals surface area contributed by atoms with Crippen LogP contribution in [-0.2, 0) is 25.6 Å². The van der Waals surface area contributed by atoms with Gasteiger partial charge in [-0.1, -0.05) is 30.3 Å². The van der Waals surface area contributed by atoms with Crippen molar-refractivity contribution in [2.24, 2.45) is 11.5 Å². The lowest BCUT2D eigenvalue weighted by atomic mass is 10.0. The van der Waals surface area contributed by atoms with Crippen LogP contribution in [0.1, 0.15) is 31.2 Å². The van der Waals surface area contributed by atoms with E-state index in [1.165, 1.54) is 0 Å². The summed E-state index contributed by atoms with van der Waals surface area (Å²) in [5, 5.41) is 23.0. The number of carboxylic acids is 2. The van der Waals surface area contributed by atoms with Gasteiger partial charge in [-0.05, 0) is 31.4 Å². The molecule has 0 saturated heterocycles. The maximum Gasteiger partial charge on any atom is 0.326 e. The highest BCUT2D eigenvalue weighted by molar-refractivity contribution is 5.93. The van der Waals surface area contributed by atoms with Crippen LogP contribution in [0.2, 0.25) is 0 Å². The van der Waals surface area contributed by atoms with Gasteiger partial charge in [0.25, 0.3) is 0 Å². The molecule has 2 amide bonds. The second-order valence-electron chi connectivity index (χ2n) is 6.64. The fourth-order valence-corrected chi connectivity index (χ4v) is 2.64. The fourth-order valence-electron chi connectivity index (χ4n) is 2.64. The van der Waals surface area contributed by atoms with E-state index in [9.17, 15) is 24.3 Å². The molecule has 1 rings (SSSR count). The minimum Gasteiger partial charge on any atom is -0.481 e. The summed E-state index contributed by atoms with van der Waals surface area (Å²) in [6.07, 6.45) is 0.833. The average molecular weight is 408 g/mol. The van der Waals surface area contributed by atoms with Crippen LogP contribution in [0.4, 0.5) is 0 Å². The van der Waals surface area contributed by atoms with Crippen molar-refractivity contribution in [3.05, 3.63) is 35.9 Å². The summed E-state index contributed by atoms with van der Waals surface area (Å²) in [6.45, 7) is 0.411. The normalized spacial score (nSPS) is 13.7. The molecule has 3 atom stereocenters. The van der Waals surface area contributed by atoms with Gasteiger partial charge in [-0.15, -0.1) is 0 Å². The highest BCUT2D eigenvalue weighted by Crippen LogP contribution is 2.07. The number of carbonyl (C=O) groups excluding carboxylic acids is 2. The SMILES string of the molecule is NCCCCC(NC(=O)C(Cc1ccccc1)NC(=O)C(N)CC(=O)O)C(=O)O. The van der Waals surface area contributed by atoms with Gasteiger partial charge in [0.15, 0.2) is 0 Å². The van der Waals surface area contributed by atoms with Gasteiger partial charge in [-0.25, -0.2) is 4.79 Å². The first-order chi connectivity index (χ1) is 13.7. The molecule has 0 bridgehead atoms. The number of carbonyl (C=O) groups is 4. The molecule has 1 aromatic carbocycles. The van der Waals surface area contributed by atoms with E-state index in [1.54, 1.807) is 30.3 Å². The average Bonchev–Trinajstić information content (AvgIpc) is 2.66. The second-order valence-corrected chi connectivity index (χ2v) is 6.64. The maximum atomic E-state index is 12.7. The first kappa shape index (κ1) is 24.1. The Kier molecular flexibility index (Phi) is 10.3. The van der Waals surface area contributed by atoms with Crippen molar-refractivity contribution in [1.29, 1.82) is 0 Å². The Morgan fingerprint density at radius 1 is 0.931 bits per heavy atom. The minimum atomic E-state index is -1.33. The Hall–Kier alpha value is -2.98. The molecular weight excluding hydrogens is 380 g/mol. The van der Waals surface area contributed by atoms with Crippen molar-refractivity contribution in [3.8, 4) is 0 Å². The number of nitrogens with two attached hydrogens (primary N) is 2. The summed E-state index contributed by atoms with van der Waals surface area (Å²) < 4.78 is 0. The van der Waals surface area contributed by atoms with Gasteiger partial charge >= 0.3 is 11.9 Å². The van der Waals surface area contributed by atoms with E-state index >= 15 is 0 Å². The van der Waals surface area contributed by atoms with Crippen molar-refractivity contribution in [2.45, 2.75) is 50.2 Å². The molecule has 29 heavy (non-hydrogen) atoms. The molecule has 0 spiro atoms. The molecular formula is C19H28N4O6. The van der Waals surface area contributed by atoms with E-state index in [-0.39, 0.29) is 12.8 Å². The molecule has 0 aromatic heterocycles. The molecule has 0 radical (unpaired) electrons. The zero-order chi connectivity index (χ0) is 21.8. The third-order valence-electron chi connectivity index (χ3n) is 4.21. The molecule has 0 heterocycles. The summed E-state index contributed by atoms with van der Waals surface area (Å²) in [7, 11) is 0. The van der Waals surface area contributed by atoms with Gasteiger partial charge < -0.3 is 32.3 Å². The van der Waals surface area contributed by atoms with Gasteiger partial charge in [0.1, 0.15) is 12.1 Å². The third kappa shape index (κ3) is 9.17. The molecule has 0 fully saturated rings. The van der Waals surface area contributed by atoms with Crippen LogP contribution in [0.5, 0.6) is 0 Å². The molecule has 0 aliphatic heterocycles. The summed E-state index contributed by atoms with van der Waals surface area (Å²) in [5.41, 5.74) is 11.7. The van der Waals surface area contributed by atoms with Crippen molar-refractivity contribution >= 4 is 23.8 Å². The molecule has 0 saturated carbocycles. The number of unbranched alkanes of at least 4 members (excludes halogenated alkanes) is 1. The largest absolute Gasteiger partial charge is 0.481 e. The van der Waals surface area contributed by atoms with Crippen LogP contribution < -0.4 is 22.1 Å². The molecule has 1 aromatic rings. The Balaban J connectivity index is 2.90. The van der Waals surface area contributed by atoms with Crippen molar-refractivity contribution in [3.63, 3.8) is 0 Å². The molecule has 160 valence electrons. The number of nitrogens with one attached hydrogen (secondary N) is 2. The maximum absolute atomic E-state index is 12.7. The van der Waals surface area contributed by atoms with Crippen LogP contribution in [0.15, 0.2) is 30.3 Å². The summed E-state index contributed by atoms with van der Waals surface area (Å²) in [4.78, 5) is 47.1. The molecule has 8 N–H and O–H groups in total. The first-order valence-corrected chi connectivity index (χ1v) is 9.29. The summed E-state index contributed by atoms with van der Waals surface area (Å²) in [6, 6.07) is 5.23. The Morgan fingerprint density at radius 3 is 2.10 bits per heavy atom. The van der Waals surface area contributed by atoms with E-state index in [0.717, 1.165) is 5.56 Å². The van der Waals surface area contributed by atoms with E-state index in [0.29, 0.717) is 19.4 Å². The minimum absolute atomic E-state index is 0.0906. The van der Waals surface area contributed by atoms with Gasteiger partial charge in [0.2, 0.25) is 11.8 Å². The molecule has 0 aliphatic rings. The predicted octanol–water partition coefficient (Wildman–Crippen LogP) is -0.786. The van der Waals surface area contributed by atoms with Crippen molar-refractivity contribution in [1.82, 2.24) is 10.6 Å². The number of hydrogen-bond donors (Lipinski definition) is 6. The second kappa shape index (κ2) is 12.5. The van der Waals surface area contributed by atoms with Crippen molar-refractivity contribution in [2.75, 3.05) is 6.54 Å². The van der Waals surface area contributed by atoms with Gasteiger partial charge in [-0.2, -0.15) is 0 Å². The third-order valence-corrected chi connectivity index (χ3v) is 4.21. The summed E-state index contributed by atoms with van der Waals surface area (Å²) in [5.74, 6) is -3.94. The van der Waals surface area contributed by atoms with Crippen LogP contribution in [0.25, 0.3) is 0 Å². The Labute approximate surface area is 168 Å². The first-order valence-electron chi connectivity index (χ1n) is 9.29. The lowest BCUT2D eigenvalue weighted by Crippen LogP contribution is -2.55. The van der Waals surface area contributed by atoms with Gasteiger partial charge in [0.05, 0.1) is 12.5 Å². The molecule has 10 heteroatoms. The zero-order valence-electron chi connectivity index (χ0n) is 16.0. The Morgan fingerprint density at radius 2 is 1.55 bits per heavy atom. The monoisotopic (exact) mass is 408 g/mol. The highest BCUT2D eigenvalue weighted by Gasteiger charge is 2.28. The molecule has 10 nitrogen and oxygen atoms in total. The quantitative estimate of drug-likeness (QED) is 0.229. The zero-order valence-corrected chi connectivity index (χ0v) is 16.0. The van der Waals surface area contributed by atoms with Crippen molar-refractivity contribution < 1.29 is 29.4 Å². The number of carboxylic acid groups (broad SMARTS) is 2. The van der Waals surface area contributed by atoms with Crippen LogP contribution in [0, 0.1) is 0 Å². The lowest BCUT2D eigenvalue weighted by Gasteiger charge is -2.23. The van der Waals surface area contributed by atoms with Crippen LogP contribution in [-0.4, -0.2) is 58.6 Å². The van der Waals surface area contributed by atoms with E-state index in [2.05, 4.69) is 10.6 Å². The number of benzene rings is 1. The van der Waals surface area contributed by atoms with Gasteiger partial charge in [0, 0.05) is 6.42 Å². The van der Waals surface area contributed by atoms with Crippen LogP contribution >= 0.6 is 0 Å². The lowest BCUT2D eigenvalue weighted by molar-refractivity contribution is -0.143. The van der Waals surface area contributed by atoms with E-state index in [1.807, 2.05) is 0 Å². The smallest absolute Gasteiger partial charge is 0.326 e.